The third-order valence-electron chi connectivity index (χ3n) is 5.18. The van der Waals surface area contributed by atoms with E-state index in [1.165, 1.54) is 13.8 Å². The van der Waals surface area contributed by atoms with Crippen LogP contribution in [0.5, 0.6) is 0 Å². The number of rotatable bonds is 5. The van der Waals surface area contributed by atoms with Gasteiger partial charge >= 0.3 is 18.0 Å². The highest BCUT2D eigenvalue weighted by Crippen LogP contribution is 2.44. The molecule has 0 aromatic heterocycles. The number of cyclic esters (lactones) is 1. The minimum Gasteiger partial charge on any atom is -0.480 e. The predicted octanol–water partition coefficient (Wildman–Crippen LogP) is 2.66. The predicted molar refractivity (Wildman–Crippen MR) is 105 cm³/mol. The molecule has 8 nitrogen and oxygen atoms in total. The fourth-order valence-corrected chi connectivity index (χ4v) is 3.92. The Hall–Kier alpha value is -3.39. The molecule has 1 aliphatic heterocycles. The molecule has 1 aliphatic carbocycles. The number of hydrogen-bond acceptors (Lipinski definition) is 6. The van der Waals surface area contributed by atoms with Crippen molar-refractivity contribution >= 4 is 18.0 Å². The van der Waals surface area contributed by atoms with Crippen LogP contribution >= 0.6 is 0 Å². The van der Waals surface area contributed by atoms with E-state index < -0.39 is 36.0 Å². The summed E-state index contributed by atoms with van der Waals surface area (Å²) in [7, 11) is 0. The third kappa shape index (κ3) is 3.61. The monoisotopic (exact) mass is 411 g/mol. The molecular formula is C22H21NO7. The van der Waals surface area contributed by atoms with E-state index in [1.807, 2.05) is 48.5 Å². The van der Waals surface area contributed by atoms with Gasteiger partial charge in [0.15, 0.2) is 12.1 Å². The highest BCUT2D eigenvalue weighted by atomic mass is 16.8. The molecule has 1 saturated heterocycles. The maximum Gasteiger partial charge on any atom is 0.407 e. The van der Waals surface area contributed by atoms with Gasteiger partial charge in [-0.2, -0.15) is 0 Å². The zero-order chi connectivity index (χ0) is 21.5. The normalized spacial score (nSPS) is 20.1. The average molecular weight is 411 g/mol. The highest BCUT2D eigenvalue weighted by Gasteiger charge is 2.48. The van der Waals surface area contributed by atoms with E-state index in [0.29, 0.717) is 0 Å². The fourth-order valence-electron chi connectivity index (χ4n) is 3.92. The average Bonchev–Trinajstić information content (AvgIpc) is 3.17. The second kappa shape index (κ2) is 7.46. The summed E-state index contributed by atoms with van der Waals surface area (Å²) in [5, 5.41) is 11.7. The van der Waals surface area contributed by atoms with Gasteiger partial charge in [-0.3, -0.25) is 0 Å². The molecule has 1 fully saturated rings. The Balaban J connectivity index is 1.46. The Morgan fingerprint density at radius 1 is 1.10 bits per heavy atom. The van der Waals surface area contributed by atoms with Crippen LogP contribution in [-0.2, 0) is 23.8 Å². The maximum absolute atomic E-state index is 12.4. The summed E-state index contributed by atoms with van der Waals surface area (Å²) in [6, 6.07) is 14.1. The summed E-state index contributed by atoms with van der Waals surface area (Å²) in [5.41, 5.74) is 4.22. The summed E-state index contributed by atoms with van der Waals surface area (Å²) in [6.45, 7) is 2.99. The number of carboxylic acids is 1. The van der Waals surface area contributed by atoms with E-state index in [9.17, 15) is 19.5 Å². The molecule has 2 aliphatic rings. The minimum absolute atomic E-state index is 0.0215. The highest BCUT2D eigenvalue weighted by molar-refractivity contribution is 5.89. The van der Waals surface area contributed by atoms with Crippen LogP contribution in [0, 0.1) is 0 Å². The van der Waals surface area contributed by atoms with Crippen LogP contribution in [0.3, 0.4) is 0 Å². The number of benzene rings is 2. The van der Waals surface area contributed by atoms with Crippen LogP contribution in [0.15, 0.2) is 48.5 Å². The molecule has 1 heterocycles. The zero-order valence-corrected chi connectivity index (χ0v) is 16.5. The quantitative estimate of drug-likeness (QED) is 0.728. The Morgan fingerprint density at radius 2 is 1.67 bits per heavy atom. The van der Waals surface area contributed by atoms with Crippen molar-refractivity contribution in [2.75, 3.05) is 6.61 Å². The van der Waals surface area contributed by atoms with Crippen molar-refractivity contribution in [3.8, 4) is 11.1 Å². The van der Waals surface area contributed by atoms with E-state index in [4.69, 9.17) is 14.2 Å². The van der Waals surface area contributed by atoms with Crippen LogP contribution in [-0.4, -0.2) is 47.7 Å². The number of hydrogen-bond donors (Lipinski definition) is 2. The number of amides is 1. The Bertz CT molecular complexity index is 971. The van der Waals surface area contributed by atoms with Crippen LogP contribution in [0.25, 0.3) is 11.1 Å². The summed E-state index contributed by atoms with van der Waals surface area (Å²) < 4.78 is 15.7. The molecule has 0 bridgehead atoms. The molecule has 30 heavy (non-hydrogen) atoms. The van der Waals surface area contributed by atoms with Crippen LogP contribution in [0.2, 0.25) is 0 Å². The Morgan fingerprint density at radius 3 is 2.17 bits per heavy atom. The summed E-state index contributed by atoms with van der Waals surface area (Å²) in [5.74, 6) is -3.72. The van der Waals surface area contributed by atoms with Crippen LogP contribution in [0.4, 0.5) is 4.79 Å². The Kier molecular flexibility index (Phi) is 4.95. The molecule has 156 valence electrons. The Labute approximate surface area is 172 Å². The second-order valence-corrected chi connectivity index (χ2v) is 7.65. The van der Waals surface area contributed by atoms with Gasteiger partial charge in [0.2, 0.25) is 5.79 Å². The van der Waals surface area contributed by atoms with Gasteiger partial charge < -0.3 is 24.6 Å². The van der Waals surface area contributed by atoms with Crippen molar-refractivity contribution in [3.05, 3.63) is 59.7 Å². The number of aliphatic carboxylic acids is 1. The SMILES string of the molecule is CC1(C)OC(=O)[C@@H]([C@@H](NC(=O)OCC2c3ccccc3-c3ccccc32)C(=O)O)O1. The van der Waals surface area contributed by atoms with Crippen molar-refractivity contribution in [2.45, 2.75) is 37.7 Å². The van der Waals surface area contributed by atoms with Gasteiger partial charge in [-0.15, -0.1) is 0 Å². The molecule has 8 heteroatoms. The number of carbonyl (C=O) groups excluding carboxylic acids is 2. The molecule has 0 saturated carbocycles. The number of fused-ring (bicyclic) bond motifs is 3. The van der Waals surface area contributed by atoms with Crippen molar-refractivity contribution < 1.29 is 33.7 Å². The first kappa shape index (κ1) is 19.9. The molecular weight excluding hydrogens is 390 g/mol. The first-order valence-electron chi connectivity index (χ1n) is 9.52. The van der Waals surface area contributed by atoms with E-state index >= 15 is 0 Å². The molecule has 0 spiro atoms. The number of esters is 1. The zero-order valence-electron chi connectivity index (χ0n) is 16.5. The van der Waals surface area contributed by atoms with E-state index in [-0.39, 0.29) is 12.5 Å². The third-order valence-corrected chi connectivity index (χ3v) is 5.18. The number of carbonyl (C=O) groups is 3. The molecule has 2 N–H and O–H groups in total. The molecule has 2 aromatic rings. The summed E-state index contributed by atoms with van der Waals surface area (Å²) >= 11 is 0. The number of alkyl carbamates (subject to hydrolysis) is 1. The van der Waals surface area contributed by atoms with Crippen molar-refractivity contribution in [3.63, 3.8) is 0 Å². The first-order chi connectivity index (χ1) is 14.3. The van der Waals surface area contributed by atoms with Crippen molar-refractivity contribution in [1.82, 2.24) is 5.32 Å². The lowest BCUT2D eigenvalue weighted by atomic mass is 9.98. The lowest BCUT2D eigenvalue weighted by Gasteiger charge is -2.20. The van der Waals surface area contributed by atoms with Gasteiger partial charge in [0, 0.05) is 19.8 Å². The maximum atomic E-state index is 12.4. The second-order valence-electron chi connectivity index (χ2n) is 7.65. The standard InChI is InChI=1S/C22H21NO7/c1-22(2)29-18(20(26)30-22)17(19(24)25)23-21(27)28-11-16-14-9-5-3-7-12(14)13-8-4-6-10-15(13)16/h3-10,16-18H,11H2,1-2H3,(H,23,27)(H,24,25)/t17-,18-/m1/s1. The van der Waals surface area contributed by atoms with Crippen molar-refractivity contribution in [1.29, 1.82) is 0 Å². The van der Waals surface area contributed by atoms with Gasteiger partial charge in [0.05, 0.1) is 0 Å². The van der Waals surface area contributed by atoms with Gasteiger partial charge in [-0.25, -0.2) is 14.4 Å². The number of nitrogens with one attached hydrogen (secondary N) is 1. The summed E-state index contributed by atoms with van der Waals surface area (Å²) in [4.78, 5) is 35.9. The lowest BCUT2D eigenvalue weighted by Crippen LogP contribution is -2.51. The van der Waals surface area contributed by atoms with Gasteiger partial charge in [-0.1, -0.05) is 48.5 Å². The first-order valence-corrected chi connectivity index (χ1v) is 9.52. The van der Waals surface area contributed by atoms with Crippen LogP contribution < -0.4 is 5.32 Å². The number of carboxylic acid groups (broad SMARTS) is 1. The van der Waals surface area contributed by atoms with Crippen molar-refractivity contribution in [2.24, 2.45) is 0 Å². The molecule has 0 radical (unpaired) electrons. The fraction of sp³-hybridized carbons (Fsp3) is 0.318. The topological polar surface area (TPSA) is 111 Å². The molecule has 0 unspecified atom stereocenters. The minimum atomic E-state index is -1.63. The lowest BCUT2D eigenvalue weighted by molar-refractivity contribution is -0.162. The molecule has 2 atom stereocenters. The largest absolute Gasteiger partial charge is 0.480 e. The molecule has 4 rings (SSSR count). The van der Waals surface area contributed by atoms with E-state index in [1.54, 1.807) is 0 Å². The van der Waals surface area contributed by atoms with Crippen LogP contribution in [0.1, 0.15) is 30.9 Å². The van der Waals surface area contributed by atoms with Gasteiger partial charge in [-0.05, 0) is 22.3 Å². The summed E-state index contributed by atoms with van der Waals surface area (Å²) in [6.07, 6.45) is -2.41. The van der Waals surface area contributed by atoms with Gasteiger partial charge in [0.1, 0.15) is 6.61 Å². The van der Waals surface area contributed by atoms with E-state index in [0.717, 1.165) is 22.3 Å². The molecule has 1 amide bonds. The molecule has 2 aromatic carbocycles. The smallest absolute Gasteiger partial charge is 0.407 e. The van der Waals surface area contributed by atoms with Gasteiger partial charge in [0.25, 0.3) is 0 Å². The van der Waals surface area contributed by atoms with E-state index in [2.05, 4.69) is 5.32 Å². The number of ether oxygens (including phenoxy) is 3.